The van der Waals surface area contributed by atoms with Crippen LogP contribution in [0.25, 0.3) is 0 Å². The Morgan fingerprint density at radius 2 is 1.54 bits per heavy atom. The molecule has 0 unspecified atom stereocenters. The highest BCUT2D eigenvalue weighted by molar-refractivity contribution is 5.10. The Labute approximate surface area is 80.7 Å². The highest BCUT2D eigenvalue weighted by Gasteiger charge is 1.75. The van der Waals surface area contributed by atoms with E-state index < -0.39 is 0 Å². The first-order valence-corrected chi connectivity index (χ1v) is 4.71. The van der Waals surface area contributed by atoms with Crippen molar-refractivity contribution in [3.05, 3.63) is 60.8 Å². The molecule has 0 aliphatic heterocycles. The number of rotatable bonds is 0. The molecule has 1 rings (SSSR count). The predicted octanol–water partition coefficient (Wildman–Crippen LogP) is 3.75. The van der Waals surface area contributed by atoms with Crippen molar-refractivity contribution in [2.24, 2.45) is 0 Å². The van der Waals surface area contributed by atoms with Gasteiger partial charge in [0, 0.05) is 0 Å². The van der Waals surface area contributed by atoms with Crippen LogP contribution < -0.4 is 0 Å². The molecule has 0 bridgehead atoms. The lowest BCUT2D eigenvalue weighted by Gasteiger charge is -1.83. The number of allylic oxidation sites excluding steroid dienone is 10. The molecule has 0 amide bonds. The maximum atomic E-state index is 3.08. The molecule has 0 atom stereocenters. The van der Waals surface area contributed by atoms with Crippen molar-refractivity contribution in [3.8, 4) is 0 Å². The molecule has 0 heterocycles. The summed E-state index contributed by atoms with van der Waals surface area (Å²) in [6.07, 6.45) is 25.0. The van der Waals surface area contributed by atoms with Crippen LogP contribution in [0.15, 0.2) is 54.7 Å². The molecule has 0 heteroatoms. The van der Waals surface area contributed by atoms with Gasteiger partial charge in [0.2, 0.25) is 0 Å². The van der Waals surface area contributed by atoms with Crippen LogP contribution in [0.2, 0.25) is 0 Å². The van der Waals surface area contributed by atoms with E-state index >= 15 is 0 Å². The van der Waals surface area contributed by atoms with E-state index in [0.717, 1.165) is 19.3 Å². The van der Waals surface area contributed by atoms with Crippen LogP contribution in [-0.4, -0.2) is 0 Å². The fourth-order valence-corrected chi connectivity index (χ4v) is 1.01. The van der Waals surface area contributed by atoms with Crippen molar-refractivity contribution in [2.45, 2.75) is 19.3 Å². The summed E-state index contributed by atoms with van der Waals surface area (Å²) >= 11 is 0. The first-order chi connectivity index (χ1) is 6.50. The van der Waals surface area contributed by atoms with Crippen molar-refractivity contribution >= 4 is 0 Å². The van der Waals surface area contributed by atoms with Gasteiger partial charge in [0.25, 0.3) is 0 Å². The molecule has 0 spiro atoms. The van der Waals surface area contributed by atoms with Crippen LogP contribution in [0.4, 0.5) is 0 Å². The Hall–Kier alpha value is -1.30. The summed E-state index contributed by atoms with van der Waals surface area (Å²) < 4.78 is 0. The SMILES string of the molecule is [C]1=C/C=C\C/C=C\C=C\CC/C=C/1. The molecular formula is C13H15. The minimum Gasteiger partial charge on any atom is -0.0842 e. The summed E-state index contributed by atoms with van der Waals surface area (Å²) in [6, 6.07) is 0. The van der Waals surface area contributed by atoms with Gasteiger partial charge >= 0.3 is 0 Å². The van der Waals surface area contributed by atoms with Gasteiger partial charge in [0.05, 0.1) is 0 Å². The molecule has 0 saturated heterocycles. The lowest BCUT2D eigenvalue weighted by molar-refractivity contribution is 1.05. The van der Waals surface area contributed by atoms with Crippen molar-refractivity contribution in [3.63, 3.8) is 0 Å². The van der Waals surface area contributed by atoms with E-state index in [9.17, 15) is 0 Å². The van der Waals surface area contributed by atoms with Gasteiger partial charge in [-0.1, -0.05) is 54.7 Å². The first-order valence-electron chi connectivity index (χ1n) is 4.71. The van der Waals surface area contributed by atoms with Crippen LogP contribution in [0.1, 0.15) is 19.3 Å². The smallest absolute Gasteiger partial charge is 0.0163 e. The summed E-state index contributed by atoms with van der Waals surface area (Å²) in [7, 11) is 0. The zero-order chi connectivity index (χ0) is 9.19. The Bertz CT molecular complexity index is 249. The van der Waals surface area contributed by atoms with Gasteiger partial charge in [-0.2, -0.15) is 0 Å². The van der Waals surface area contributed by atoms with E-state index in [2.05, 4.69) is 42.5 Å². The molecule has 0 saturated carbocycles. The summed E-state index contributed by atoms with van der Waals surface area (Å²) in [5.74, 6) is 0. The molecule has 1 aliphatic rings. The Kier molecular flexibility index (Phi) is 5.54. The van der Waals surface area contributed by atoms with E-state index in [1.807, 2.05) is 18.2 Å². The Morgan fingerprint density at radius 3 is 2.54 bits per heavy atom. The van der Waals surface area contributed by atoms with Gasteiger partial charge in [-0.3, -0.25) is 0 Å². The molecule has 67 valence electrons. The molecule has 1 aliphatic carbocycles. The van der Waals surface area contributed by atoms with Gasteiger partial charge in [0.1, 0.15) is 0 Å². The van der Waals surface area contributed by atoms with Gasteiger partial charge in [-0.15, -0.1) is 0 Å². The fraction of sp³-hybridized carbons (Fsp3) is 0.231. The third kappa shape index (κ3) is 5.92. The minimum absolute atomic E-state index is 0.992. The van der Waals surface area contributed by atoms with Gasteiger partial charge in [-0.25, -0.2) is 0 Å². The summed E-state index contributed by atoms with van der Waals surface area (Å²) in [5, 5.41) is 0. The third-order valence-electron chi connectivity index (χ3n) is 1.70. The largest absolute Gasteiger partial charge is 0.0842 e. The normalized spacial score (nSPS) is 30.2. The Balaban J connectivity index is 2.49. The zero-order valence-electron chi connectivity index (χ0n) is 7.82. The molecule has 0 aromatic carbocycles. The quantitative estimate of drug-likeness (QED) is 0.520. The van der Waals surface area contributed by atoms with Crippen LogP contribution in [-0.2, 0) is 0 Å². The van der Waals surface area contributed by atoms with E-state index in [4.69, 9.17) is 0 Å². The second kappa shape index (κ2) is 7.35. The summed E-state index contributed by atoms with van der Waals surface area (Å²) in [4.78, 5) is 0. The van der Waals surface area contributed by atoms with E-state index in [-0.39, 0.29) is 0 Å². The van der Waals surface area contributed by atoms with Crippen LogP contribution in [0, 0.1) is 6.08 Å². The van der Waals surface area contributed by atoms with E-state index in [1.54, 1.807) is 0 Å². The average Bonchev–Trinajstić information content (AvgIpc) is 2.18. The van der Waals surface area contributed by atoms with Gasteiger partial charge in [0.15, 0.2) is 0 Å². The second-order valence-electron chi connectivity index (χ2n) is 2.83. The van der Waals surface area contributed by atoms with Gasteiger partial charge < -0.3 is 0 Å². The van der Waals surface area contributed by atoms with E-state index in [1.165, 1.54) is 0 Å². The fourth-order valence-electron chi connectivity index (χ4n) is 1.01. The zero-order valence-corrected chi connectivity index (χ0v) is 7.82. The maximum Gasteiger partial charge on any atom is -0.0163 e. The maximum absolute atomic E-state index is 3.08. The topological polar surface area (TPSA) is 0 Å². The van der Waals surface area contributed by atoms with Crippen LogP contribution in [0.5, 0.6) is 0 Å². The number of hydrogen-bond acceptors (Lipinski definition) is 0. The average molecular weight is 171 g/mol. The summed E-state index contributed by atoms with van der Waals surface area (Å²) in [6.45, 7) is 0. The van der Waals surface area contributed by atoms with Crippen LogP contribution in [0.3, 0.4) is 0 Å². The monoisotopic (exact) mass is 171 g/mol. The molecule has 13 heavy (non-hydrogen) atoms. The molecule has 0 N–H and O–H groups in total. The predicted molar refractivity (Wildman–Crippen MR) is 58.2 cm³/mol. The van der Waals surface area contributed by atoms with Crippen molar-refractivity contribution < 1.29 is 0 Å². The molecular weight excluding hydrogens is 156 g/mol. The van der Waals surface area contributed by atoms with E-state index in [0.29, 0.717) is 0 Å². The van der Waals surface area contributed by atoms with Crippen molar-refractivity contribution in [2.75, 3.05) is 0 Å². The second-order valence-corrected chi connectivity index (χ2v) is 2.83. The van der Waals surface area contributed by atoms with Crippen molar-refractivity contribution in [1.82, 2.24) is 0 Å². The molecule has 0 fully saturated rings. The Morgan fingerprint density at radius 1 is 0.769 bits per heavy atom. The highest BCUT2D eigenvalue weighted by atomic mass is 13.8. The minimum atomic E-state index is 0.992. The van der Waals surface area contributed by atoms with Crippen LogP contribution >= 0.6 is 0 Å². The molecule has 0 nitrogen and oxygen atoms in total. The van der Waals surface area contributed by atoms with Gasteiger partial charge in [-0.05, 0) is 25.3 Å². The first kappa shape index (κ1) is 9.79. The third-order valence-corrected chi connectivity index (χ3v) is 1.70. The molecule has 1 radical (unpaired) electrons. The highest BCUT2D eigenvalue weighted by Crippen LogP contribution is 1.95. The lowest BCUT2D eigenvalue weighted by atomic mass is 10.2. The summed E-state index contributed by atoms with van der Waals surface area (Å²) in [5.41, 5.74) is 0. The van der Waals surface area contributed by atoms with Crippen molar-refractivity contribution in [1.29, 1.82) is 0 Å². The molecule has 0 aromatic rings. The lowest BCUT2D eigenvalue weighted by Crippen LogP contribution is -1.63. The standard InChI is InChI=1S/C13H15/c1-2-4-6-8-10-12-13-11-9-7-5-3-1/h1-4,7,9-12H,5-6,8H2/b3-1-,4-2+,9-7-,12-10+,13-11?. The molecule has 0 aromatic heterocycles. The number of hydrogen-bond donors (Lipinski definition) is 0.